The van der Waals surface area contributed by atoms with Crippen molar-refractivity contribution in [2.45, 2.75) is 37.8 Å². The van der Waals surface area contributed by atoms with Gasteiger partial charge in [0.15, 0.2) is 11.3 Å². The average Bonchev–Trinajstić information content (AvgIpc) is 3.18. The predicted octanol–water partition coefficient (Wildman–Crippen LogP) is 4.32. The molecule has 0 radical (unpaired) electrons. The first-order valence-corrected chi connectivity index (χ1v) is 11.3. The molecule has 0 saturated heterocycles. The lowest BCUT2D eigenvalue weighted by atomic mass is 9.63. The van der Waals surface area contributed by atoms with Gasteiger partial charge >= 0.3 is 0 Å². The number of phenols is 1. The van der Waals surface area contributed by atoms with Gasteiger partial charge in [-0.05, 0) is 56.0 Å². The first-order chi connectivity index (χ1) is 16.2. The Balaban J connectivity index is 1.53. The fraction of sp³-hybridized carbons (Fsp3) is 0.222. The van der Waals surface area contributed by atoms with Crippen LogP contribution in [0.2, 0.25) is 0 Å². The number of aromatic hydroxyl groups is 1. The van der Waals surface area contributed by atoms with E-state index >= 15 is 0 Å². The predicted molar refractivity (Wildman–Crippen MR) is 131 cm³/mol. The summed E-state index contributed by atoms with van der Waals surface area (Å²) in [6.07, 6.45) is 2.89. The summed E-state index contributed by atoms with van der Waals surface area (Å²) < 4.78 is 1.77. The van der Waals surface area contributed by atoms with Crippen molar-refractivity contribution in [3.63, 3.8) is 0 Å². The molecule has 1 fully saturated rings. The highest BCUT2D eigenvalue weighted by molar-refractivity contribution is 5.90. The van der Waals surface area contributed by atoms with E-state index in [0.29, 0.717) is 12.8 Å². The van der Waals surface area contributed by atoms with Gasteiger partial charge in [0.05, 0.1) is 17.0 Å². The molecule has 170 valence electrons. The highest BCUT2D eigenvalue weighted by atomic mass is 16.3. The van der Waals surface area contributed by atoms with Crippen LogP contribution >= 0.6 is 0 Å². The summed E-state index contributed by atoms with van der Waals surface area (Å²) in [6, 6.07) is 19.2. The molecule has 7 nitrogen and oxygen atoms in total. The number of rotatable bonds is 3. The van der Waals surface area contributed by atoms with Crippen LogP contribution in [0.5, 0.6) is 5.75 Å². The molecule has 0 amide bonds. The van der Waals surface area contributed by atoms with Crippen molar-refractivity contribution in [2.75, 3.05) is 0 Å². The van der Waals surface area contributed by atoms with E-state index in [1.165, 1.54) is 0 Å². The number of nitrogens with two attached hydrogens (primary N) is 1. The number of aromatic nitrogens is 4. The van der Waals surface area contributed by atoms with Gasteiger partial charge in [0.25, 0.3) is 0 Å². The van der Waals surface area contributed by atoms with Crippen molar-refractivity contribution in [3.05, 3.63) is 78.1 Å². The van der Waals surface area contributed by atoms with Crippen molar-refractivity contribution < 1.29 is 10.2 Å². The number of benzene rings is 2. The quantitative estimate of drug-likeness (QED) is 0.377. The molecule has 0 unspecified atom stereocenters. The molecule has 1 aliphatic carbocycles. The molecule has 0 aliphatic heterocycles. The number of hydrogen-bond donors (Lipinski definition) is 3. The largest absolute Gasteiger partial charge is 0.508 e. The number of hydrogen-bond acceptors (Lipinski definition) is 6. The molecular weight excluding hydrogens is 426 g/mol. The lowest BCUT2D eigenvalue weighted by Gasteiger charge is -2.49. The normalized spacial score (nSPS) is 22.2. The lowest BCUT2D eigenvalue weighted by Crippen LogP contribution is -2.58. The van der Waals surface area contributed by atoms with Crippen LogP contribution in [0.4, 0.5) is 0 Å². The number of aryl methyl sites for hydroxylation is 1. The molecule has 1 saturated carbocycles. The fourth-order valence-corrected chi connectivity index (χ4v) is 5.21. The first kappa shape index (κ1) is 20.8. The van der Waals surface area contributed by atoms with E-state index in [-0.39, 0.29) is 5.75 Å². The summed E-state index contributed by atoms with van der Waals surface area (Å²) in [5.74, 6) is 0.211. The molecule has 1 aliphatic rings. The standard InChI is InChI=1S/C27H25N5O2/c1-16-11-23-29-13-19-12-22(17-5-9-21(33)10-6-17)24(30-25(19)32(23)31-16)18-3-7-20(8-4-18)27(28)14-26(2,34)15-27/h3-13,33-34H,14-15,28H2,1-2H3/t26-,27-. The summed E-state index contributed by atoms with van der Waals surface area (Å²) in [7, 11) is 0. The van der Waals surface area contributed by atoms with Gasteiger partial charge in [0, 0.05) is 34.3 Å². The number of pyridine rings is 1. The molecule has 0 atom stereocenters. The molecule has 5 aromatic rings. The summed E-state index contributed by atoms with van der Waals surface area (Å²) in [5.41, 5.74) is 12.3. The third-order valence-corrected chi connectivity index (χ3v) is 6.68. The van der Waals surface area contributed by atoms with Crippen LogP contribution in [0.1, 0.15) is 31.0 Å². The minimum atomic E-state index is -0.708. The maximum atomic E-state index is 10.2. The monoisotopic (exact) mass is 451 g/mol. The number of fused-ring (bicyclic) bond motifs is 3. The molecule has 0 bridgehead atoms. The van der Waals surface area contributed by atoms with E-state index in [2.05, 4.69) is 16.1 Å². The van der Waals surface area contributed by atoms with Crippen molar-refractivity contribution in [2.24, 2.45) is 5.73 Å². The molecule has 0 spiro atoms. The van der Waals surface area contributed by atoms with Crippen molar-refractivity contribution in [3.8, 4) is 28.1 Å². The zero-order chi connectivity index (χ0) is 23.7. The maximum absolute atomic E-state index is 10.2. The maximum Gasteiger partial charge on any atom is 0.165 e. The minimum Gasteiger partial charge on any atom is -0.508 e. The summed E-state index contributed by atoms with van der Waals surface area (Å²) >= 11 is 0. The Labute approximate surface area is 196 Å². The molecule has 34 heavy (non-hydrogen) atoms. The molecule has 4 N–H and O–H groups in total. The minimum absolute atomic E-state index is 0.211. The Morgan fingerprint density at radius 2 is 1.65 bits per heavy atom. The second-order valence-corrected chi connectivity index (χ2v) is 9.74. The molecule has 3 aromatic heterocycles. The summed E-state index contributed by atoms with van der Waals surface area (Å²) in [4.78, 5) is 9.60. The zero-order valence-corrected chi connectivity index (χ0v) is 19.0. The number of phenolic OH excluding ortho intramolecular Hbond substituents is 1. The Morgan fingerprint density at radius 3 is 2.32 bits per heavy atom. The summed E-state index contributed by atoms with van der Waals surface area (Å²) in [5, 5.41) is 25.4. The summed E-state index contributed by atoms with van der Waals surface area (Å²) in [6.45, 7) is 3.76. The first-order valence-electron chi connectivity index (χ1n) is 11.3. The fourth-order valence-electron chi connectivity index (χ4n) is 5.21. The van der Waals surface area contributed by atoms with Gasteiger partial charge in [-0.2, -0.15) is 9.61 Å². The van der Waals surface area contributed by atoms with Crippen LogP contribution in [-0.2, 0) is 5.54 Å². The molecule has 2 aromatic carbocycles. The third-order valence-electron chi connectivity index (χ3n) is 6.68. The van der Waals surface area contributed by atoms with Crippen LogP contribution in [0, 0.1) is 6.92 Å². The van der Waals surface area contributed by atoms with Crippen LogP contribution in [0.3, 0.4) is 0 Å². The van der Waals surface area contributed by atoms with Gasteiger partial charge in [-0.25, -0.2) is 9.97 Å². The second-order valence-electron chi connectivity index (χ2n) is 9.74. The van der Waals surface area contributed by atoms with Crippen LogP contribution in [0.25, 0.3) is 39.1 Å². The zero-order valence-electron chi connectivity index (χ0n) is 19.0. The van der Waals surface area contributed by atoms with Crippen LogP contribution < -0.4 is 5.73 Å². The van der Waals surface area contributed by atoms with Crippen molar-refractivity contribution in [1.29, 1.82) is 0 Å². The Bertz CT molecular complexity index is 1540. The van der Waals surface area contributed by atoms with Crippen molar-refractivity contribution >= 4 is 16.7 Å². The number of aliphatic hydroxyl groups is 1. The van der Waals surface area contributed by atoms with Gasteiger partial charge in [-0.3, -0.25) is 0 Å². The van der Waals surface area contributed by atoms with Gasteiger partial charge in [-0.1, -0.05) is 36.4 Å². The van der Waals surface area contributed by atoms with Crippen LogP contribution in [-0.4, -0.2) is 35.4 Å². The van der Waals surface area contributed by atoms with E-state index in [1.54, 1.807) is 16.6 Å². The van der Waals surface area contributed by atoms with E-state index in [1.807, 2.05) is 62.5 Å². The average molecular weight is 452 g/mol. The highest BCUT2D eigenvalue weighted by Crippen LogP contribution is 2.46. The van der Waals surface area contributed by atoms with E-state index in [9.17, 15) is 10.2 Å². The Morgan fingerprint density at radius 1 is 0.971 bits per heavy atom. The number of nitrogens with zero attached hydrogens (tertiary/aromatic N) is 4. The lowest BCUT2D eigenvalue weighted by molar-refractivity contribution is -0.0738. The molecular formula is C27H25N5O2. The molecule has 6 rings (SSSR count). The highest BCUT2D eigenvalue weighted by Gasteiger charge is 2.49. The van der Waals surface area contributed by atoms with Crippen molar-refractivity contribution in [1.82, 2.24) is 19.6 Å². The Kier molecular flexibility index (Phi) is 4.33. The van der Waals surface area contributed by atoms with Gasteiger partial charge in [0.2, 0.25) is 0 Å². The van der Waals surface area contributed by atoms with Crippen LogP contribution in [0.15, 0.2) is 66.9 Å². The van der Waals surface area contributed by atoms with Gasteiger partial charge < -0.3 is 15.9 Å². The second kappa shape index (κ2) is 7.09. The van der Waals surface area contributed by atoms with Gasteiger partial charge in [0.1, 0.15) is 5.75 Å². The topological polar surface area (TPSA) is 110 Å². The van der Waals surface area contributed by atoms with E-state index in [4.69, 9.17) is 10.7 Å². The third kappa shape index (κ3) is 3.32. The molecule has 7 heteroatoms. The van der Waals surface area contributed by atoms with Gasteiger partial charge in [-0.15, -0.1) is 0 Å². The smallest absolute Gasteiger partial charge is 0.165 e. The SMILES string of the molecule is Cc1cc2ncc3cc(-c4ccc(O)cc4)c(-c4ccc([C@]5(N)C[C@](C)(O)C5)cc4)nc3n2n1. The molecule has 3 heterocycles. The Hall–Kier alpha value is -3.81. The van der Waals surface area contributed by atoms with E-state index < -0.39 is 11.1 Å². The van der Waals surface area contributed by atoms with E-state index in [0.717, 1.165) is 50.3 Å².